The summed E-state index contributed by atoms with van der Waals surface area (Å²) in [4.78, 5) is 12.3. The highest BCUT2D eigenvalue weighted by Gasteiger charge is 2.14. The molecular weight excluding hydrogens is 226 g/mol. The highest BCUT2D eigenvalue weighted by atomic mass is 16.1. The van der Waals surface area contributed by atoms with Gasteiger partial charge < -0.3 is 10.3 Å². The molecule has 0 radical (unpaired) electrons. The van der Waals surface area contributed by atoms with Gasteiger partial charge in [-0.05, 0) is 36.4 Å². The van der Waals surface area contributed by atoms with Crippen molar-refractivity contribution >= 4 is 11.5 Å². The van der Waals surface area contributed by atoms with Crippen LogP contribution in [-0.2, 0) is 13.5 Å². The first-order valence-corrected chi connectivity index (χ1v) is 5.55. The van der Waals surface area contributed by atoms with Crippen LogP contribution >= 0.6 is 0 Å². The number of rotatable bonds is 3. The maximum Gasteiger partial charge on any atom is 0.209 e. The summed E-state index contributed by atoms with van der Waals surface area (Å²) in [5, 5.41) is 8.68. The zero-order chi connectivity index (χ0) is 13.1. The van der Waals surface area contributed by atoms with Crippen molar-refractivity contribution in [3.8, 4) is 6.07 Å². The first-order valence-electron chi connectivity index (χ1n) is 5.55. The molecule has 0 bridgehead atoms. The molecule has 2 N–H and O–H groups in total. The van der Waals surface area contributed by atoms with Crippen molar-refractivity contribution in [2.45, 2.75) is 6.42 Å². The predicted octanol–water partition coefficient (Wildman–Crippen LogP) is 1.90. The zero-order valence-electron chi connectivity index (χ0n) is 10.1. The van der Waals surface area contributed by atoms with Crippen LogP contribution in [0.1, 0.15) is 21.7 Å². The Bertz CT molecular complexity index is 617. The number of aromatic nitrogens is 1. The van der Waals surface area contributed by atoms with Crippen molar-refractivity contribution in [2.75, 3.05) is 5.73 Å². The Balaban J connectivity index is 2.35. The Morgan fingerprint density at radius 3 is 2.56 bits per heavy atom. The molecule has 0 saturated heterocycles. The van der Waals surface area contributed by atoms with Gasteiger partial charge in [0.15, 0.2) is 0 Å². The van der Waals surface area contributed by atoms with Gasteiger partial charge in [0.2, 0.25) is 5.78 Å². The molecule has 2 rings (SSSR count). The molecule has 1 aromatic heterocycles. The number of benzene rings is 1. The Kier molecular flexibility index (Phi) is 3.16. The monoisotopic (exact) mass is 239 g/mol. The van der Waals surface area contributed by atoms with Crippen molar-refractivity contribution in [1.29, 1.82) is 5.26 Å². The minimum Gasteiger partial charge on any atom is -0.399 e. The van der Waals surface area contributed by atoms with Crippen LogP contribution in [-0.4, -0.2) is 10.4 Å². The number of nitrogens with two attached hydrogens (primary N) is 1. The van der Waals surface area contributed by atoms with E-state index in [1.54, 1.807) is 48.0 Å². The van der Waals surface area contributed by atoms with Gasteiger partial charge in [-0.25, -0.2) is 0 Å². The summed E-state index contributed by atoms with van der Waals surface area (Å²) in [6.07, 6.45) is 0.297. The van der Waals surface area contributed by atoms with Gasteiger partial charge in [0.1, 0.15) is 0 Å². The second-order valence-electron chi connectivity index (χ2n) is 4.05. The van der Waals surface area contributed by atoms with E-state index in [9.17, 15) is 4.79 Å². The molecule has 2 aromatic rings. The van der Waals surface area contributed by atoms with E-state index < -0.39 is 0 Å². The lowest BCUT2D eigenvalue weighted by molar-refractivity contribution is 0.103. The molecule has 0 amide bonds. The molecule has 0 atom stereocenters. The van der Waals surface area contributed by atoms with Crippen molar-refractivity contribution in [2.24, 2.45) is 7.05 Å². The molecule has 1 aromatic carbocycles. The van der Waals surface area contributed by atoms with E-state index in [2.05, 4.69) is 6.07 Å². The van der Waals surface area contributed by atoms with Crippen molar-refractivity contribution < 1.29 is 4.79 Å². The van der Waals surface area contributed by atoms with Crippen LogP contribution in [0.2, 0.25) is 0 Å². The minimum atomic E-state index is -0.0679. The fraction of sp³-hybridized carbons (Fsp3) is 0.143. The van der Waals surface area contributed by atoms with Crippen LogP contribution in [0.5, 0.6) is 0 Å². The summed E-state index contributed by atoms with van der Waals surface area (Å²) in [5.41, 5.74) is 8.21. The number of carbonyl (C=O) groups excluding carboxylic acids is 1. The summed E-state index contributed by atoms with van der Waals surface area (Å²) >= 11 is 0. The third-order valence-electron chi connectivity index (χ3n) is 2.89. The molecule has 0 aliphatic rings. The fourth-order valence-electron chi connectivity index (χ4n) is 1.82. The summed E-state index contributed by atoms with van der Waals surface area (Å²) in [6.45, 7) is 0. The van der Waals surface area contributed by atoms with Gasteiger partial charge in [0, 0.05) is 24.0 Å². The number of hydrogen-bond acceptors (Lipinski definition) is 3. The molecule has 4 nitrogen and oxygen atoms in total. The summed E-state index contributed by atoms with van der Waals surface area (Å²) in [5.74, 6) is -0.0679. The predicted molar refractivity (Wildman–Crippen MR) is 69.0 cm³/mol. The lowest BCUT2D eigenvalue weighted by atomic mass is 10.1. The second kappa shape index (κ2) is 4.76. The van der Waals surface area contributed by atoms with Crippen LogP contribution in [0, 0.1) is 11.3 Å². The van der Waals surface area contributed by atoms with E-state index >= 15 is 0 Å². The molecular formula is C14H13N3O. The van der Waals surface area contributed by atoms with Gasteiger partial charge in [-0.2, -0.15) is 5.26 Å². The van der Waals surface area contributed by atoms with E-state index in [1.807, 2.05) is 0 Å². The van der Waals surface area contributed by atoms with Gasteiger partial charge in [-0.15, -0.1) is 0 Å². The van der Waals surface area contributed by atoms with E-state index in [1.165, 1.54) is 0 Å². The van der Waals surface area contributed by atoms with E-state index in [4.69, 9.17) is 11.0 Å². The molecule has 0 spiro atoms. The van der Waals surface area contributed by atoms with Crippen LogP contribution in [0.25, 0.3) is 0 Å². The Morgan fingerprint density at radius 1 is 1.28 bits per heavy atom. The molecule has 0 fully saturated rings. The third kappa shape index (κ3) is 2.11. The quantitative estimate of drug-likeness (QED) is 0.656. The number of hydrogen-bond donors (Lipinski definition) is 1. The smallest absolute Gasteiger partial charge is 0.209 e. The van der Waals surface area contributed by atoms with Gasteiger partial charge in [0.25, 0.3) is 0 Å². The highest BCUT2D eigenvalue weighted by molar-refractivity contribution is 6.08. The van der Waals surface area contributed by atoms with Gasteiger partial charge in [0.05, 0.1) is 18.2 Å². The number of ketones is 1. The van der Waals surface area contributed by atoms with E-state index in [0.717, 1.165) is 5.69 Å². The number of nitrogen functional groups attached to an aromatic ring is 1. The fourth-order valence-corrected chi connectivity index (χ4v) is 1.82. The molecule has 1 heterocycles. The topological polar surface area (TPSA) is 71.8 Å². The molecule has 90 valence electrons. The third-order valence-corrected chi connectivity index (χ3v) is 2.89. The molecule has 0 unspecified atom stereocenters. The van der Waals surface area contributed by atoms with Crippen LogP contribution in [0.4, 0.5) is 5.69 Å². The van der Waals surface area contributed by atoms with Crippen molar-refractivity contribution in [3.63, 3.8) is 0 Å². The normalized spacial score (nSPS) is 10.0. The standard InChI is InChI=1S/C14H13N3O/c1-17-12(8-9-15)6-7-13(17)14(18)10-2-4-11(16)5-3-10/h2-7H,8,16H2,1H3. The lowest BCUT2D eigenvalue weighted by Crippen LogP contribution is -2.09. The number of anilines is 1. The van der Waals surface area contributed by atoms with Crippen LogP contribution in [0.15, 0.2) is 36.4 Å². The maximum absolute atomic E-state index is 12.3. The largest absolute Gasteiger partial charge is 0.399 e. The average Bonchev–Trinajstić information content (AvgIpc) is 2.72. The SMILES string of the molecule is Cn1c(CC#N)ccc1C(=O)c1ccc(N)cc1. The van der Waals surface area contributed by atoms with E-state index in [-0.39, 0.29) is 5.78 Å². The summed E-state index contributed by atoms with van der Waals surface area (Å²) < 4.78 is 1.75. The van der Waals surface area contributed by atoms with Crippen LogP contribution < -0.4 is 5.73 Å². The first-order chi connectivity index (χ1) is 8.63. The highest BCUT2D eigenvalue weighted by Crippen LogP contribution is 2.14. The Hall–Kier alpha value is -2.54. The number of nitriles is 1. The average molecular weight is 239 g/mol. The lowest BCUT2D eigenvalue weighted by Gasteiger charge is -2.05. The molecule has 4 heteroatoms. The Labute approximate surface area is 105 Å². The molecule has 0 aliphatic heterocycles. The summed E-state index contributed by atoms with van der Waals surface area (Å²) in [6, 6.07) is 12.4. The Morgan fingerprint density at radius 2 is 1.94 bits per heavy atom. The van der Waals surface area contributed by atoms with Gasteiger partial charge >= 0.3 is 0 Å². The minimum absolute atomic E-state index is 0.0679. The molecule has 0 saturated carbocycles. The van der Waals surface area contributed by atoms with Gasteiger partial charge in [-0.3, -0.25) is 4.79 Å². The van der Waals surface area contributed by atoms with Crippen molar-refractivity contribution in [1.82, 2.24) is 4.57 Å². The summed E-state index contributed by atoms with van der Waals surface area (Å²) in [7, 11) is 1.79. The van der Waals surface area contributed by atoms with Crippen LogP contribution in [0.3, 0.4) is 0 Å². The number of carbonyl (C=O) groups is 1. The first kappa shape index (κ1) is 11.9. The van der Waals surface area contributed by atoms with Gasteiger partial charge in [-0.1, -0.05) is 0 Å². The maximum atomic E-state index is 12.3. The van der Waals surface area contributed by atoms with E-state index in [0.29, 0.717) is 23.4 Å². The van der Waals surface area contributed by atoms with Crippen molar-refractivity contribution in [3.05, 3.63) is 53.3 Å². The number of nitrogens with zero attached hydrogens (tertiary/aromatic N) is 2. The molecule has 0 aliphatic carbocycles. The second-order valence-corrected chi connectivity index (χ2v) is 4.05. The zero-order valence-corrected chi connectivity index (χ0v) is 10.1. The molecule has 18 heavy (non-hydrogen) atoms.